The topological polar surface area (TPSA) is 46.2 Å². The highest BCUT2D eigenvalue weighted by atomic mass is 35.5. The van der Waals surface area contributed by atoms with Crippen molar-refractivity contribution in [1.82, 2.24) is 10.3 Å². The number of fused-ring (bicyclic) bond motifs is 1. The lowest BCUT2D eigenvalue weighted by Crippen LogP contribution is -2.30. The van der Waals surface area contributed by atoms with Gasteiger partial charge in [0.25, 0.3) is 0 Å². The van der Waals surface area contributed by atoms with Gasteiger partial charge in [0, 0.05) is 40.3 Å². The molecule has 0 radical (unpaired) electrons. The van der Waals surface area contributed by atoms with Gasteiger partial charge in [0.15, 0.2) is 5.11 Å². The summed E-state index contributed by atoms with van der Waals surface area (Å²) in [4.78, 5) is 4.40. The molecule has 3 aromatic rings. The van der Waals surface area contributed by atoms with Gasteiger partial charge in [-0.2, -0.15) is 11.8 Å². The van der Waals surface area contributed by atoms with Crippen LogP contribution in [0.2, 0.25) is 5.02 Å². The van der Waals surface area contributed by atoms with E-state index >= 15 is 0 Å². The summed E-state index contributed by atoms with van der Waals surface area (Å²) >= 11 is 13.3. The van der Waals surface area contributed by atoms with Crippen LogP contribution in [0, 0.1) is 0 Å². The van der Waals surface area contributed by atoms with Gasteiger partial charge in [-0.15, -0.1) is 0 Å². The van der Waals surface area contributed by atoms with E-state index in [0.717, 1.165) is 45.4 Å². The fourth-order valence-corrected chi connectivity index (χ4v) is 3.87. The van der Waals surface area contributed by atoms with Crippen molar-refractivity contribution in [3.8, 4) is 5.75 Å². The van der Waals surface area contributed by atoms with Crippen LogP contribution in [0.4, 0.5) is 5.69 Å². The van der Waals surface area contributed by atoms with E-state index in [-0.39, 0.29) is 0 Å². The average molecular weight is 418 g/mol. The van der Waals surface area contributed by atoms with Gasteiger partial charge in [0.2, 0.25) is 0 Å². The van der Waals surface area contributed by atoms with Crippen molar-refractivity contribution in [3.63, 3.8) is 0 Å². The van der Waals surface area contributed by atoms with Crippen LogP contribution in [0.1, 0.15) is 5.56 Å². The Morgan fingerprint density at radius 3 is 2.93 bits per heavy atom. The number of ether oxygens (including phenoxy) is 1. The van der Waals surface area contributed by atoms with Gasteiger partial charge in [-0.25, -0.2) is 0 Å². The number of aromatic nitrogens is 1. The Morgan fingerprint density at radius 1 is 1.22 bits per heavy atom. The molecule has 140 valence electrons. The molecule has 27 heavy (non-hydrogen) atoms. The number of benzene rings is 2. The highest BCUT2D eigenvalue weighted by molar-refractivity contribution is 7.98. The molecule has 0 aliphatic carbocycles. The van der Waals surface area contributed by atoms with E-state index < -0.39 is 0 Å². The van der Waals surface area contributed by atoms with Crippen molar-refractivity contribution in [2.75, 3.05) is 24.7 Å². The SMILES string of the molecule is COc1ccc(NC(=S)NCCSCc2cccc(Cl)c2)c2cccnc12. The predicted octanol–water partition coefficient (Wildman–Crippen LogP) is 5.12. The second-order valence-corrected chi connectivity index (χ2v) is 7.73. The highest BCUT2D eigenvalue weighted by Crippen LogP contribution is 2.29. The van der Waals surface area contributed by atoms with Crippen molar-refractivity contribution in [1.29, 1.82) is 0 Å². The summed E-state index contributed by atoms with van der Waals surface area (Å²) < 4.78 is 5.37. The molecule has 0 unspecified atom stereocenters. The number of pyridine rings is 1. The lowest BCUT2D eigenvalue weighted by molar-refractivity contribution is 0.419. The van der Waals surface area contributed by atoms with Gasteiger partial charge in [0.1, 0.15) is 11.3 Å². The molecule has 0 saturated carbocycles. The lowest BCUT2D eigenvalue weighted by Gasteiger charge is -2.13. The Morgan fingerprint density at radius 2 is 2.11 bits per heavy atom. The number of nitrogens with zero attached hydrogens (tertiary/aromatic N) is 1. The molecule has 0 aliphatic heterocycles. The monoisotopic (exact) mass is 417 g/mol. The molecule has 2 aromatic carbocycles. The third kappa shape index (κ3) is 5.48. The van der Waals surface area contributed by atoms with Gasteiger partial charge in [-0.1, -0.05) is 23.7 Å². The first-order chi connectivity index (χ1) is 13.2. The predicted molar refractivity (Wildman–Crippen MR) is 120 cm³/mol. The number of methoxy groups -OCH3 is 1. The van der Waals surface area contributed by atoms with Gasteiger partial charge >= 0.3 is 0 Å². The van der Waals surface area contributed by atoms with E-state index in [1.807, 2.05) is 54.2 Å². The zero-order valence-electron chi connectivity index (χ0n) is 14.9. The van der Waals surface area contributed by atoms with Gasteiger partial charge in [0.05, 0.1) is 7.11 Å². The maximum atomic E-state index is 6.00. The van der Waals surface area contributed by atoms with E-state index in [2.05, 4.69) is 21.7 Å². The summed E-state index contributed by atoms with van der Waals surface area (Å²) in [6, 6.07) is 15.7. The number of thiocarbonyl (C=S) groups is 1. The molecule has 0 saturated heterocycles. The second-order valence-electron chi connectivity index (χ2n) is 5.78. The summed E-state index contributed by atoms with van der Waals surface area (Å²) in [6.07, 6.45) is 1.75. The van der Waals surface area contributed by atoms with Crippen molar-refractivity contribution in [3.05, 3.63) is 65.3 Å². The third-order valence-corrected chi connectivity index (χ3v) is 5.40. The molecular weight excluding hydrogens is 398 g/mol. The molecule has 0 amide bonds. The zero-order valence-corrected chi connectivity index (χ0v) is 17.3. The molecule has 2 N–H and O–H groups in total. The number of anilines is 1. The quantitative estimate of drug-likeness (QED) is 0.411. The molecule has 4 nitrogen and oxygen atoms in total. The van der Waals surface area contributed by atoms with Crippen LogP contribution in [0.3, 0.4) is 0 Å². The maximum Gasteiger partial charge on any atom is 0.170 e. The summed E-state index contributed by atoms with van der Waals surface area (Å²) in [5.74, 6) is 2.61. The van der Waals surface area contributed by atoms with Crippen LogP contribution in [-0.4, -0.2) is 29.5 Å². The highest BCUT2D eigenvalue weighted by Gasteiger charge is 2.08. The molecular formula is C20H20ClN3OS2. The van der Waals surface area contributed by atoms with E-state index in [1.54, 1.807) is 13.3 Å². The zero-order chi connectivity index (χ0) is 19.1. The molecule has 1 heterocycles. The van der Waals surface area contributed by atoms with Crippen LogP contribution in [0.25, 0.3) is 10.9 Å². The van der Waals surface area contributed by atoms with Crippen LogP contribution in [0.5, 0.6) is 5.75 Å². The van der Waals surface area contributed by atoms with Gasteiger partial charge in [-0.05, 0) is 54.2 Å². The summed E-state index contributed by atoms with van der Waals surface area (Å²) in [5, 5.41) is 8.83. The van der Waals surface area contributed by atoms with E-state index in [4.69, 9.17) is 28.6 Å². The smallest absolute Gasteiger partial charge is 0.170 e. The molecule has 1 aromatic heterocycles. The minimum absolute atomic E-state index is 0.591. The van der Waals surface area contributed by atoms with Crippen molar-refractivity contribution in [2.24, 2.45) is 0 Å². The lowest BCUT2D eigenvalue weighted by atomic mass is 10.1. The van der Waals surface area contributed by atoms with Crippen LogP contribution >= 0.6 is 35.6 Å². The Bertz CT molecular complexity index is 936. The van der Waals surface area contributed by atoms with Crippen LogP contribution in [-0.2, 0) is 5.75 Å². The standard InChI is InChI=1S/C20H20ClN3OS2/c1-25-18-8-7-17(16-6-3-9-22-19(16)18)24-20(26)23-10-11-27-13-14-4-2-5-15(21)12-14/h2-9,12H,10-11,13H2,1H3,(H2,23,24,26). The number of hydrogen-bond donors (Lipinski definition) is 2. The van der Waals surface area contributed by atoms with Crippen molar-refractivity contribution in [2.45, 2.75) is 5.75 Å². The second kappa shape index (κ2) is 9.78. The maximum absolute atomic E-state index is 6.00. The normalized spacial score (nSPS) is 10.6. The summed E-state index contributed by atoms with van der Waals surface area (Å²) in [7, 11) is 1.64. The van der Waals surface area contributed by atoms with Crippen LogP contribution < -0.4 is 15.4 Å². The van der Waals surface area contributed by atoms with Gasteiger partial charge in [-0.3, -0.25) is 4.98 Å². The molecule has 0 bridgehead atoms. The Labute approximate surface area is 173 Å². The van der Waals surface area contributed by atoms with Gasteiger partial charge < -0.3 is 15.4 Å². The molecule has 7 heteroatoms. The first kappa shape index (κ1) is 19.7. The minimum Gasteiger partial charge on any atom is -0.494 e. The molecule has 3 rings (SSSR count). The number of rotatable bonds is 7. The van der Waals surface area contributed by atoms with Crippen molar-refractivity contribution >= 4 is 57.3 Å². The van der Waals surface area contributed by atoms with Crippen LogP contribution in [0.15, 0.2) is 54.7 Å². The Kier molecular flexibility index (Phi) is 7.15. The van der Waals surface area contributed by atoms with E-state index in [1.165, 1.54) is 5.56 Å². The molecule has 0 spiro atoms. The number of thioether (sulfide) groups is 1. The number of hydrogen-bond acceptors (Lipinski definition) is 4. The minimum atomic E-state index is 0.591. The Hall–Kier alpha value is -2.02. The fraction of sp³-hybridized carbons (Fsp3) is 0.200. The largest absolute Gasteiger partial charge is 0.494 e. The summed E-state index contributed by atoms with van der Waals surface area (Å²) in [6.45, 7) is 0.781. The Balaban J connectivity index is 1.49. The first-order valence-corrected chi connectivity index (χ1v) is 10.4. The summed E-state index contributed by atoms with van der Waals surface area (Å²) in [5.41, 5.74) is 2.94. The fourth-order valence-electron chi connectivity index (χ4n) is 2.64. The first-order valence-electron chi connectivity index (χ1n) is 8.46. The van der Waals surface area contributed by atoms with E-state index in [0.29, 0.717) is 5.11 Å². The average Bonchev–Trinajstić information content (AvgIpc) is 2.68. The molecule has 0 fully saturated rings. The number of nitrogens with one attached hydrogen (secondary N) is 2. The van der Waals surface area contributed by atoms with Crippen molar-refractivity contribution < 1.29 is 4.74 Å². The third-order valence-electron chi connectivity index (χ3n) is 3.89. The molecule has 0 atom stereocenters. The number of halogens is 1. The molecule has 0 aliphatic rings. The van der Waals surface area contributed by atoms with E-state index in [9.17, 15) is 0 Å².